The summed E-state index contributed by atoms with van der Waals surface area (Å²) in [6.07, 6.45) is 1.53. The zero-order valence-electron chi connectivity index (χ0n) is 12.1. The van der Waals surface area contributed by atoms with Gasteiger partial charge in [0.05, 0.1) is 10.8 Å². The standard InChI is InChI=1S/C15H22O3/c1-13(2)8-7-9-10(16)14(3,4)12(17)15(5,6)11(9)18-13/h7-8H2,1-6H3. The number of allylic oxidation sites excluding steroid dienone is 2. The largest absolute Gasteiger partial charge is 0.491 e. The maximum Gasteiger partial charge on any atom is 0.175 e. The van der Waals surface area contributed by atoms with Gasteiger partial charge in [-0.15, -0.1) is 0 Å². The van der Waals surface area contributed by atoms with Gasteiger partial charge in [0.15, 0.2) is 11.6 Å². The Morgan fingerprint density at radius 2 is 1.50 bits per heavy atom. The van der Waals surface area contributed by atoms with Gasteiger partial charge in [0, 0.05) is 5.57 Å². The molecule has 0 saturated heterocycles. The number of carbonyl (C=O) groups excluding carboxylic acids is 2. The van der Waals surface area contributed by atoms with Crippen LogP contribution < -0.4 is 0 Å². The van der Waals surface area contributed by atoms with E-state index in [1.807, 2.05) is 27.7 Å². The van der Waals surface area contributed by atoms with E-state index in [2.05, 4.69) is 0 Å². The number of hydrogen-bond donors (Lipinski definition) is 0. The first-order valence-corrected chi connectivity index (χ1v) is 6.52. The molecular formula is C15H22O3. The lowest BCUT2D eigenvalue weighted by atomic mass is 9.62. The van der Waals surface area contributed by atoms with Crippen molar-refractivity contribution in [1.29, 1.82) is 0 Å². The van der Waals surface area contributed by atoms with E-state index in [0.29, 0.717) is 12.2 Å². The average molecular weight is 250 g/mol. The van der Waals surface area contributed by atoms with Crippen molar-refractivity contribution in [1.82, 2.24) is 0 Å². The second kappa shape index (κ2) is 3.46. The van der Waals surface area contributed by atoms with Crippen LogP contribution in [-0.2, 0) is 14.3 Å². The first-order chi connectivity index (χ1) is 8.00. The van der Waals surface area contributed by atoms with Crippen molar-refractivity contribution >= 4 is 11.6 Å². The topological polar surface area (TPSA) is 43.4 Å². The van der Waals surface area contributed by atoms with E-state index in [0.717, 1.165) is 12.0 Å². The van der Waals surface area contributed by atoms with Gasteiger partial charge < -0.3 is 4.74 Å². The van der Waals surface area contributed by atoms with Gasteiger partial charge in [-0.25, -0.2) is 0 Å². The molecule has 1 aliphatic heterocycles. The highest BCUT2D eigenvalue weighted by Gasteiger charge is 2.55. The van der Waals surface area contributed by atoms with E-state index < -0.39 is 10.8 Å². The van der Waals surface area contributed by atoms with E-state index in [9.17, 15) is 9.59 Å². The van der Waals surface area contributed by atoms with Crippen LogP contribution in [0.15, 0.2) is 11.3 Å². The van der Waals surface area contributed by atoms with Crippen molar-refractivity contribution in [2.24, 2.45) is 10.8 Å². The van der Waals surface area contributed by atoms with Crippen molar-refractivity contribution in [3.63, 3.8) is 0 Å². The number of ether oxygens (including phenoxy) is 1. The Morgan fingerprint density at radius 3 is 2.06 bits per heavy atom. The fourth-order valence-electron chi connectivity index (χ4n) is 3.01. The third-order valence-electron chi connectivity index (χ3n) is 4.17. The van der Waals surface area contributed by atoms with E-state index in [4.69, 9.17) is 4.74 Å². The van der Waals surface area contributed by atoms with Gasteiger partial charge in [0.2, 0.25) is 0 Å². The van der Waals surface area contributed by atoms with Crippen LogP contribution in [0.5, 0.6) is 0 Å². The quantitative estimate of drug-likeness (QED) is 0.621. The van der Waals surface area contributed by atoms with Crippen molar-refractivity contribution in [3.05, 3.63) is 11.3 Å². The van der Waals surface area contributed by atoms with E-state index in [-0.39, 0.29) is 17.2 Å². The lowest BCUT2D eigenvalue weighted by Crippen LogP contribution is -2.52. The number of Topliss-reactive ketones (excluding diaryl/α,β-unsaturated/α-hetero) is 2. The third kappa shape index (κ3) is 1.63. The molecule has 0 aromatic heterocycles. The molecular weight excluding hydrogens is 228 g/mol. The average Bonchev–Trinajstić information content (AvgIpc) is 2.24. The molecule has 0 N–H and O–H groups in total. The van der Waals surface area contributed by atoms with Crippen LogP contribution in [0.4, 0.5) is 0 Å². The van der Waals surface area contributed by atoms with Gasteiger partial charge in [-0.05, 0) is 54.4 Å². The normalized spacial score (nSPS) is 28.8. The first-order valence-electron chi connectivity index (χ1n) is 6.52. The molecule has 1 aliphatic carbocycles. The highest BCUT2D eigenvalue weighted by molar-refractivity contribution is 6.19. The Bertz CT molecular complexity index is 464. The Kier molecular flexibility index (Phi) is 2.56. The van der Waals surface area contributed by atoms with Crippen molar-refractivity contribution in [3.8, 4) is 0 Å². The summed E-state index contributed by atoms with van der Waals surface area (Å²) in [7, 11) is 0. The maximum atomic E-state index is 12.5. The lowest BCUT2D eigenvalue weighted by Gasteiger charge is -2.46. The number of ketones is 2. The van der Waals surface area contributed by atoms with Gasteiger partial charge in [-0.1, -0.05) is 0 Å². The minimum absolute atomic E-state index is 0.0450. The van der Waals surface area contributed by atoms with Gasteiger partial charge in [0.25, 0.3) is 0 Å². The molecule has 0 aromatic carbocycles. The van der Waals surface area contributed by atoms with Crippen LogP contribution in [0, 0.1) is 10.8 Å². The SMILES string of the molecule is CC1(C)CCC2=C(O1)C(C)(C)C(=O)C(C)(C)C2=O. The molecule has 1 heterocycles. The summed E-state index contributed by atoms with van der Waals surface area (Å²) in [4.78, 5) is 24.9. The Hall–Kier alpha value is -1.12. The number of rotatable bonds is 0. The van der Waals surface area contributed by atoms with Crippen LogP contribution in [0.25, 0.3) is 0 Å². The summed E-state index contributed by atoms with van der Waals surface area (Å²) in [5.74, 6) is 0.502. The molecule has 0 aromatic rings. The second-order valence-corrected chi connectivity index (χ2v) is 7.08. The van der Waals surface area contributed by atoms with Gasteiger partial charge in [-0.2, -0.15) is 0 Å². The van der Waals surface area contributed by atoms with Gasteiger partial charge in [0.1, 0.15) is 11.4 Å². The van der Waals surface area contributed by atoms with Crippen LogP contribution in [0.3, 0.4) is 0 Å². The minimum Gasteiger partial charge on any atom is -0.491 e. The highest BCUT2D eigenvalue weighted by Crippen LogP contribution is 2.49. The molecule has 0 fully saturated rings. The molecule has 100 valence electrons. The zero-order chi connectivity index (χ0) is 13.9. The van der Waals surface area contributed by atoms with E-state index >= 15 is 0 Å². The maximum absolute atomic E-state index is 12.5. The molecule has 18 heavy (non-hydrogen) atoms. The Balaban J connectivity index is 2.61. The summed E-state index contributed by atoms with van der Waals surface area (Å²) in [5.41, 5.74) is -1.20. The van der Waals surface area contributed by atoms with Crippen molar-refractivity contribution < 1.29 is 14.3 Å². The molecule has 0 saturated carbocycles. The molecule has 2 aliphatic rings. The fourth-order valence-corrected chi connectivity index (χ4v) is 3.01. The van der Waals surface area contributed by atoms with Gasteiger partial charge >= 0.3 is 0 Å². The second-order valence-electron chi connectivity index (χ2n) is 7.08. The summed E-state index contributed by atoms with van der Waals surface area (Å²) in [6, 6.07) is 0. The van der Waals surface area contributed by atoms with Crippen LogP contribution in [0.1, 0.15) is 54.4 Å². The Morgan fingerprint density at radius 1 is 0.944 bits per heavy atom. The molecule has 3 heteroatoms. The predicted molar refractivity (Wildman–Crippen MR) is 69.0 cm³/mol. The molecule has 0 atom stereocenters. The lowest BCUT2D eigenvalue weighted by molar-refractivity contribution is -0.148. The predicted octanol–water partition coefficient (Wildman–Crippen LogP) is 3.03. The van der Waals surface area contributed by atoms with Crippen molar-refractivity contribution in [2.45, 2.75) is 60.0 Å². The number of hydrogen-bond acceptors (Lipinski definition) is 3. The summed E-state index contributed by atoms with van der Waals surface area (Å²) in [5, 5.41) is 0. The van der Waals surface area contributed by atoms with Gasteiger partial charge in [-0.3, -0.25) is 9.59 Å². The molecule has 0 unspecified atom stereocenters. The van der Waals surface area contributed by atoms with Crippen LogP contribution in [-0.4, -0.2) is 17.2 Å². The fraction of sp³-hybridized carbons (Fsp3) is 0.733. The molecule has 0 bridgehead atoms. The van der Waals surface area contributed by atoms with Crippen molar-refractivity contribution in [2.75, 3.05) is 0 Å². The van der Waals surface area contributed by atoms with Crippen LogP contribution in [0.2, 0.25) is 0 Å². The summed E-state index contributed by atoms with van der Waals surface area (Å²) >= 11 is 0. The van der Waals surface area contributed by atoms with E-state index in [1.54, 1.807) is 13.8 Å². The molecule has 0 spiro atoms. The number of carbonyl (C=O) groups is 2. The monoisotopic (exact) mass is 250 g/mol. The molecule has 2 rings (SSSR count). The Labute approximate surface area is 109 Å². The highest BCUT2D eigenvalue weighted by atomic mass is 16.5. The third-order valence-corrected chi connectivity index (χ3v) is 4.17. The van der Waals surface area contributed by atoms with E-state index in [1.165, 1.54) is 0 Å². The summed E-state index contributed by atoms with van der Waals surface area (Å²) in [6.45, 7) is 11.2. The molecule has 0 radical (unpaired) electrons. The zero-order valence-corrected chi connectivity index (χ0v) is 12.1. The smallest absolute Gasteiger partial charge is 0.175 e. The first kappa shape index (κ1) is 13.3. The minimum atomic E-state index is -0.923. The summed E-state index contributed by atoms with van der Waals surface area (Å²) < 4.78 is 5.97. The molecule has 0 amide bonds. The van der Waals surface area contributed by atoms with Crippen LogP contribution >= 0.6 is 0 Å². The molecule has 3 nitrogen and oxygen atoms in total.